The Morgan fingerprint density at radius 2 is 1.91 bits per heavy atom. The van der Waals surface area contributed by atoms with Crippen LogP contribution in [0, 0.1) is 5.92 Å². The SMILES string of the molecule is COC(=O)C(=O)N1CCC(CCCCc2ccncc2)CC1. The second-order valence-electron chi connectivity index (χ2n) is 5.83. The van der Waals surface area contributed by atoms with E-state index >= 15 is 0 Å². The first-order valence-electron chi connectivity index (χ1n) is 7.97. The number of amides is 1. The molecule has 0 unspecified atom stereocenters. The van der Waals surface area contributed by atoms with Crippen molar-refractivity contribution in [2.45, 2.75) is 38.5 Å². The number of aryl methyl sites for hydroxylation is 1. The van der Waals surface area contributed by atoms with Crippen LogP contribution in [0.5, 0.6) is 0 Å². The Balaban J connectivity index is 1.61. The number of carbonyl (C=O) groups is 2. The Labute approximate surface area is 131 Å². The smallest absolute Gasteiger partial charge is 0.396 e. The van der Waals surface area contributed by atoms with Gasteiger partial charge in [0, 0.05) is 25.5 Å². The van der Waals surface area contributed by atoms with Gasteiger partial charge in [0.15, 0.2) is 0 Å². The molecule has 0 aliphatic carbocycles. The lowest BCUT2D eigenvalue weighted by Crippen LogP contribution is -2.42. The molecule has 2 rings (SSSR count). The van der Waals surface area contributed by atoms with E-state index in [9.17, 15) is 9.59 Å². The van der Waals surface area contributed by atoms with Crippen LogP contribution in [0.15, 0.2) is 24.5 Å². The van der Waals surface area contributed by atoms with Crippen LogP contribution in [0.2, 0.25) is 0 Å². The number of rotatable bonds is 5. The third-order valence-electron chi connectivity index (χ3n) is 4.34. The predicted octanol–water partition coefficient (Wildman–Crippen LogP) is 2.21. The average molecular weight is 304 g/mol. The first kappa shape index (κ1) is 16.5. The van der Waals surface area contributed by atoms with Gasteiger partial charge in [-0.1, -0.05) is 12.8 Å². The van der Waals surface area contributed by atoms with Gasteiger partial charge in [0.25, 0.3) is 0 Å². The molecular weight excluding hydrogens is 280 g/mol. The summed E-state index contributed by atoms with van der Waals surface area (Å²) < 4.78 is 4.48. The number of hydrogen-bond acceptors (Lipinski definition) is 4. The largest absolute Gasteiger partial charge is 0.462 e. The van der Waals surface area contributed by atoms with Crippen LogP contribution in [-0.4, -0.2) is 42.0 Å². The zero-order valence-corrected chi connectivity index (χ0v) is 13.2. The highest BCUT2D eigenvalue weighted by atomic mass is 16.5. The van der Waals surface area contributed by atoms with Crippen LogP contribution in [-0.2, 0) is 20.7 Å². The molecular formula is C17H24N2O3. The van der Waals surface area contributed by atoms with Gasteiger partial charge in [-0.05, 0) is 49.3 Å². The maximum atomic E-state index is 11.7. The molecule has 1 aromatic heterocycles. The molecule has 5 nitrogen and oxygen atoms in total. The summed E-state index contributed by atoms with van der Waals surface area (Å²) in [6.45, 7) is 1.34. The Bertz CT molecular complexity index is 482. The molecule has 1 aliphatic heterocycles. The van der Waals surface area contributed by atoms with Gasteiger partial charge in [0.2, 0.25) is 0 Å². The summed E-state index contributed by atoms with van der Waals surface area (Å²) in [6, 6.07) is 4.13. The maximum Gasteiger partial charge on any atom is 0.396 e. The zero-order chi connectivity index (χ0) is 15.8. The van der Waals surface area contributed by atoms with E-state index in [1.165, 1.54) is 31.9 Å². The van der Waals surface area contributed by atoms with Crippen molar-refractivity contribution in [3.63, 3.8) is 0 Å². The first-order valence-corrected chi connectivity index (χ1v) is 7.97. The monoisotopic (exact) mass is 304 g/mol. The zero-order valence-electron chi connectivity index (χ0n) is 13.2. The topological polar surface area (TPSA) is 59.5 Å². The van der Waals surface area contributed by atoms with E-state index in [1.807, 2.05) is 12.4 Å². The quantitative estimate of drug-likeness (QED) is 0.475. The third-order valence-corrected chi connectivity index (χ3v) is 4.34. The Kier molecular flexibility index (Phi) is 6.37. The molecule has 1 fully saturated rings. The second kappa shape index (κ2) is 8.51. The molecule has 0 radical (unpaired) electrons. The van der Waals surface area contributed by atoms with Gasteiger partial charge in [-0.3, -0.25) is 9.78 Å². The van der Waals surface area contributed by atoms with Gasteiger partial charge in [0.1, 0.15) is 0 Å². The maximum absolute atomic E-state index is 11.7. The number of esters is 1. The highest BCUT2D eigenvalue weighted by molar-refractivity contribution is 6.32. The summed E-state index contributed by atoms with van der Waals surface area (Å²) in [4.78, 5) is 28.6. The van der Waals surface area contributed by atoms with Crippen LogP contribution < -0.4 is 0 Å². The Morgan fingerprint density at radius 3 is 2.55 bits per heavy atom. The minimum absolute atomic E-state index is 0.501. The van der Waals surface area contributed by atoms with Crippen LogP contribution in [0.25, 0.3) is 0 Å². The summed E-state index contributed by atoms with van der Waals surface area (Å²) in [5, 5.41) is 0. The Hall–Kier alpha value is -1.91. The van der Waals surface area contributed by atoms with Gasteiger partial charge >= 0.3 is 11.9 Å². The van der Waals surface area contributed by atoms with Gasteiger partial charge in [-0.25, -0.2) is 4.79 Å². The van der Waals surface area contributed by atoms with Crippen molar-refractivity contribution in [1.29, 1.82) is 0 Å². The van der Waals surface area contributed by atoms with E-state index in [0.29, 0.717) is 19.0 Å². The molecule has 0 aromatic carbocycles. The lowest BCUT2D eigenvalue weighted by atomic mass is 9.91. The molecule has 22 heavy (non-hydrogen) atoms. The van der Waals surface area contributed by atoms with Gasteiger partial charge < -0.3 is 9.64 Å². The molecule has 5 heteroatoms. The van der Waals surface area contributed by atoms with Gasteiger partial charge in [-0.15, -0.1) is 0 Å². The van der Waals surface area contributed by atoms with Crippen molar-refractivity contribution in [3.8, 4) is 0 Å². The highest BCUT2D eigenvalue weighted by Crippen LogP contribution is 2.23. The van der Waals surface area contributed by atoms with Crippen molar-refractivity contribution in [3.05, 3.63) is 30.1 Å². The van der Waals surface area contributed by atoms with Crippen LogP contribution in [0.3, 0.4) is 0 Å². The second-order valence-corrected chi connectivity index (χ2v) is 5.83. The van der Waals surface area contributed by atoms with Crippen molar-refractivity contribution < 1.29 is 14.3 Å². The predicted molar refractivity (Wildman–Crippen MR) is 83.1 cm³/mol. The standard InChI is InChI=1S/C17H24N2O3/c1-22-17(21)16(20)19-12-8-15(9-13-19)5-3-2-4-14-6-10-18-11-7-14/h6-7,10-11,15H,2-5,8-9,12-13H2,1H3. The first-order chi connectivity index (χ1) is 10.7. The number of ether oxygens (including phenoxy) is 1. The molecule has 0 saturated carbocycles. The number of unbranched alkanes of at least 4 members (excludes halogenated alkanes) is 1. The molecule has 1 aromatic rings. The number of carbonyl (C=O) groups excluding carboxylic acids is 2. The van der Waals surface area contributed by atoms with E-state index < -0.39 is 11.9 Å². The van der Waals surface area contributed by atoms with Crippen molar-refractivity contribution >= 4 is 11.9 Å². The summed E-state index contributed by atoms with van der Waals surface area (Å²) >= 11 is 0. The number of aromatic nitrogens is 1. The van der Waals surface area contributed by atoms with Crippen molar-refractivity contribution in [1.82, 2.24) is 9.88 Å². The summed E-state index contributed by atoms with van der Waals surface area (Å²) in [7, 11) is 1.25. The summed E-state index contributed by atoms with van der Waals surface area (Å²) in [5.41, 5.74) is 1.34. The van der Waals surface area contributed by atoms with Gasteiger partial charge in [-0.2, -0.15) is 0 Å². The van der Waals surface area contributed by atoms with Gasteiger partial charge in [0.05, 0.1) is 7.11 Å². The van der Waals surface area contributed by atoms with Crippen molar-refractivity contribution in [2.75, 3.05) is 20.2 Å². The molecule has 0 bridgehead atoms. The van der Waals surface area contributed by atoms with E-state index in [2.05, 4.69) is 21.9 Å². The third kappa shape index (κ3) is 4.83. The number of methoxy groups -OCH3 is 1. The number of likely N-dealkylation sites (tertiary alicyclic amines) is 1. The normalized spacial score (nSPS) is 15.6. The molecule has 1 amide bonds. The molecule has 0 atom stereocenters. The number of hydrogen-bond donors (Lipinski definition) is 0. The van der Waals surface area contributed by atoms with E-state index in [1.54, 1.807) is 4.90 Å². The number of nitrogens with zero attached hydrogens (tertiary/aromatic N) is 2. The fourth-order valence-electron chi connectivity index (χ4n) is 2.95. The lowest BCUT2D eigenvalue weighted by Gasteiger charge is -2.31. The lowest BCUT2D eigenvalue weighted by molar-refractivity contribution is -0.158. The Morgan fingerprint density at radius 1 is 1.23 bits per heavy atom. The minimum atomic E-state index is -0.754. The molecule has 120 valence electrons. The molecule has 1 aliphatic rings. The molecule has 0 N–H and O–H groups in total. The summed E-state index contributed by atoms with van der Waals surface area (Å²) in [6.07, 6.45) is 10.3. The molecule has 0 spiro atoms. The van der Waals surface area contributed by atoms with Crippen molar-refractivity contribution in [2.24, 2.45) is 5.92 Å². The van der Waals surface area contributed by atoms with E-state index in [-0.39, 0.29) is 0 Å². The molecule has 1 saturated heterocycles. The van der Waals surface area contributed by atoms with E-state index in [0.717, 1.165) is 19.3 Å². The minimum Gasteiger partial charge on any atom is -0.462 e. The van der Waals surface area contributed by atoms with Crippen LogP contribution in [0.1, 0.15) is 37.7 Å². The fraction of sp³-hybridized carbons (Fsp3) is 0.588. The summed E-state index contributed by atoms with van der Waals surface area (Å²) in [5.74, 6) is -0.589. The molecule has 2 heterocycles. The highest BCUT2D eigenvalue weighted by Gasteiger charge is 2.27. The van der Waals surface area contributed by atoms with Crippen LogP contribution >= 0.6 is 0 Å². The number of piperidine rings is 1. The average Bonchev–Trinajstić information content (AvgIpc) is 2.59. The number of pyridine rings is 1. The fourth-order valence-corrected chi connectivity index (χ4v) is 2.95. The van der Waals surface area contributed by atoms with E-state index in [4.69, 9.17) is 0 Å². The van der Waals surface area contributed by atoms with Crippen LogP contribution in [0.4, 0.5) is 0 Å².